The van der Waals surface area contributed by atoms with Crippen molar-refractivity contribution in [2.24, 2.45) is 0 Å². The summed E-state index contributed by atoms with van der Waals surface area (Å²) in [7, 11) is 0. The Bertz CT molecular complexity index is 1340. The monoisotopic (exact) mass is 511 g/mol. The minimum absolute atomic E-state index is 0.0305. The number of carbonyl (C=O) groups is 2. The van der Waals surface area contributed by atoms with Gasteiger partial charge in [0.25, 0.3) is 11.7 Å². The molecule has 2 aliphatic rings. The number of aliphatic hydroxyl groups is 1. The lowest BCUT2D eigenvalue weighted by molar-refractivity contribution is -0.139. The molecule has 0 spiro atoms. The van der Waals surface area contributed by atoms with Crippen LogP contribution in [0.4, 0.5) is 0 Å². The third-order valence-electron chi connectivity index (χ3n) is 6.34. The first-order valence-corrected chi connectivity index (χ1v) is 12.1. The molecule has 0 aliphatic carbocycles. The standard InChI is InChI=1S/C26H23Cl2N3O4/c1-15-11-18-12-17(4-6-21(18)35-15)24(32)22-23(16-3-5-19(27)20(28)13-16)31(26(34)25(22)33)9-2-8-30-10-7-29-14-30/h3-7,10,12-15,23,32H,2,8-9,11H2,1H3/b24-22+. The Balaban J connectivity index is 1.55. The Kier molecular flexibility index (Phi) is 6.30. The lowest BCUT2D eigenvalue weighted by atomic mass is 9.94. The first-order chi connectivity index (χ1) is 16.8. The van der Waals surface area contributed by atoms with Crippen LogP contribution in [0, 0.1) is 0 Å². The topological polar surface area (TPSA) is 84.7 Å². The van der Waals surface area contributed by atoms with Crippen LogP contribution in [0.2, 0.25) is 10.0 Å². The van der Waals surface area contributed by atoms with Gasteiger partial charge in [0.05, 0.1) is 28.0 Å². The van der Waals surface area contributed by atoms with Crippen molar-refractivity contribution in [3.63, 3.8) is 0 Å². The van der Waals surface area contributed by atoms with E-state index in [-0.39, 0.29) is 17.4 Å². The number of aryl methyl sites for hydroxylation is 1. The molecule has 1 saturated heterocycles. The Hall–Kier alpha value is -3.29. The number of hydrogen-bond acceptors (Lipinski definition) is 5. The van der Waals surface area contributed by atoms with E-state index in [0.29, 0.717) is 47.1 Å². The molecular formula is C26H23Cl2N3O4. The summed E-state index contributed by atoms with van der Waals surface area (Å²) in [4.78, 5) is 31.9. The summed E-state index contributed by atoms with van der Waals surface area (Å²) in [5, 5.41) is 12.0. The lowest BCUT2D eigenvalue weighted by Gasteiger charge is -2.25. The summed E-state index contributed by atoms with van der Waals surface area (Å²) >= 11 is 12.4. The van der Waals surface area contributed by atoms with Crippen molar-refractivity contribution in [1.29, 1.82) is 0 Å². The SMILES string of the molecule is CC1Cc2cc(/C(O)=C3\C(=O)C(=O)N(CCCn4ccnc4)C3c3ccc(Cl)c(Cl)c3)ccc2O1. The zero-order valence-electron chi connectivity index (χ0n) is 18.9. The maximum atomic E-state index is 13.2. The van der Waals surface area contributed by atoms with Gasteiger partial charge in [0, 0.05) is 37.5 Å². The van der Waals surface area contributed by atoms with Crippen molar-refractivity contribution in [1.82, 2.24) is 14.5 Å². The number of nitrogens with zero attached hydrogens (tertiary/aromatic N) is 3. The van der Waals surface area contributed by atoms with Gasteiger partial charge in [0.1, 0.15) is 17.6 Å². The first-order valence-electron chi connectivity index (χ1n) is 11.3. The highest BCUT2D eigenvalue weighted by molar-refractivity contribution is 6.46. The maximum absolute atomic E-state index is 13.2. The number of amides is 1. The number of ether oxygens (including phenoxy) is 1. The molecule has 3 aromatic rings. The van der Waals surface area contributed by atoms with Gasteiger partial charge < -0.3 is 19.3 Å². The van der Waals surface area contributed by atoms with Gasteiger partial charge in [0.15, 0.2) is 0 Å². The fraction of sp³-hybridized carbons (Fsp3) is 0.269. The molecular weight excluding hydrogens is 489 g/mol. The second kappa shape index (κ2) is 9.40. The minimum Gasteiger partial charge on any atom is -0.507 e. The molecule has 2 aromatic carbocycles. The number of ketones is 1. The Morgan fingerprint density at radius 2 is 1.97 bits per heavy atom. The molecule has 1 N–H and O–H groups in total. The number of imidazole rings is 1. The second-order valence-electron chi connectivity index (χ2n) is 8.78. The van der Waals surface area contributed by atoms with E-state index < -0.39 is 17.7 Å². The Labute approximate surface area is 212 Å². The fourth-order valence-corrected chi connectivity index (χ4v) is 5.01. The van der Waals surface area contributed by atoms with Crippen molar-refractivity contribution in [3.05, 3.63) is 87.4 Å². The van der Waals surface area contributed by atoms with Crippen molar-refractivity contribution in [2.45, 2.75) is 38.5 Å². The van der Waals surface area contributed by atoms with Gasteiger partial charge in [0.2, 0.25) is 0 Å². The van der Waals surface area contributed by atoms with Crippen LogP contribution in [0.15, 0.2) is 60.7 Å². The van der Waals surface area contributed by atoms with Crippen LogP contribution in [-0.4, -0.2) is 43.9 Å². The Morgan fingerprint density at radius 3 is 2.71 bits per heavy atom. The van der Waals surface area contributed by atoms with Gasteiger partial charge in [-0.2, -0.15) is 0 Å². The summed E-state index contributed by atoms with van der Waals surface area (Å²) in [5.74, 6) is -0.855. The maximum Gasteiger partial charge on any atom is 0.295 e. The summed E-state index contributed by atoms with van der Waals surface area (Å²) in [6.45, 7) is 2.90. The smallest absolute Gasteiger partial charge is 0.295 e. The number of Topliss-reactive ketones (excluding diaryl/α,β-unsaturated/α-hetero) is 1. The summed E-state index contributed by atoms with van der Waals surface area (Å²) in [6, 6.07) is 9.48. The largest absolute Gasteiger partial charge is 0.507 e. The highest BCUT2D eigenvalue weighted by Crippen LogP contribution is 2.42. The molecule has 2 atom stereocenters. The first kappa shape index (κ1) is 23.5. The van der Waals surface area contributed by atoms with Gasteiger partial charge in [-0.15, -0.1) is 0 Å². The number of carbonyl (C=O) groups excluding carboxylic acids is 2. The third-order valence-corrected chi connectivity index (χ3v) is 7.08. The van der Waals surface area contributed by atoms with Gasteiger partial charge in [-0.25, -0.2) is 4.98 Å². The van der Waals surface area contributed by atoms with Gasteiger partial charge in [-0.1, -0.05) is 29.3 Å². The van der Waals surface area contributed by atoms with Gasteiger partial charge in [-0.05, 0) is 54.8 Å². The van der Waals surface area contributed by atoms with E-state index in [1.807, 2.05) is 23.8 Å². The van der Waals surface area contributed by atoms with E-state index in [2.05, 4.69) is 4.98 Å². The summed E-state index contributed by atoms with van der Waals surface area (Å²) in [6.07, 6.45) is 6.56. The molecule has 9 heteroatoms. The van der Waals surface area contributed by atoms with E-state index in [1.54, 1.807) is 42.9 Å². The molecule has 35 heavy (non-hydrogen) atoms. The van der Waals surface area contributed by atoms with E-state index >= 15 is 0 Å². The normalized spacial score (nSPS) is 20.8. The minimum atomic E-state index is -0.795. The zero-order chi connectivity index (χ0) is 24.7. The number of halogens is 2. The molecule has 0 bridgehead atoms. The molecule has 1 amide bonds. The number of likely N-dealkylation sites (tertiary alicyclic amines) is 1. The fourth-order valence-electron chi connectivity index (χ4n) is 4.71. The van der Waals surface area contributed by atoms with Crippen molar-refractivity contribution < 1.29 is 19.4 Å². The number of benzene rings is 2. The molecule has 2 aliphatic heterocycles. The molecule has 5 rings (SSSR count). The van der Waals surface area contributed by atoms with Gasteiger partial charge >= 0.3 is 0 Å². The van der Waals surface area contributed by atoms with Crippen molar-refractivity contribution in [3.8, 4) is 5.75 Å². The summed E-state index contributed by atoms with van der Waals surface area (Å²) in [5.41, 5.74) is 2.04. The molecule has 0 saturated carbocycles. The number of aromatic nitrogens is 2. The van der Waals surface area contributed by atoms with E-state index in [9.17, 15) is 14.7 Å². The van der Waals surface area contributed by atoms with Crippen LogP contribution in [-0.2, 0) is 22.6 Å². The molecule has 7 nitrogen and oxygen atoms in total. The van der Waals surface area contributed by atoms with E-state index in [0.717, 1.165) is 11.3 Å². The molecule has 180 valence electrons. The summed E-state index contributed by atoms with van der Waals surface area (Å²) < 4.78 is 7.65. The van der Waals surface area contributed by atoms with Crippen LogP contribution < -0.4 is 4.74 Å². The predicted octanol–water partition coefficient (Wildman–Crippen LogP) is 5.03. The molecule has 1 fully saturated rings. The van der Waals surface area contributed by atoms with Gasteiger partial charge in [-0.3, -0.25) is 9.59 Å². The van der Waals surface area contributed by atoms with Crippen LogP contribution in [0.25, 0.3) is 5.76 Å². The van der Waals surface area contributed by atoms with Crippen LogP contribution in [0.5, 0.6) is 5.75 Å². The molecule has 2 unspecified atom stereocenters. The Morgan fingerprint density at radius 1 is 1.14 bits per heavy atom. The third kappa shape index (κ3) is 4.42. The van der Waals surface area contributed by atoms with Crippen molar-refractivity contribution in [2.75, 3.05) is 6.54 Å². The van der Waals surface area contributed by atoms with Crippen LogP contribution >= 0.6 is 23.2 Å². The zero-order valence-corrected chi connectivity index (χ0v) is 20.5. The number of aliphatic hydroxyl groups excluding tert-OH is 1. The average molecular weight is 512 g/mol. The van der Waals surface area contributed by atoms with Crippen LogP contribution in [0.1, 0.15) is 36.1 Å². The van der Waals surface area contributed by atoms with Crippen molar-refractivity contribution >= 4 is 40.7 Å². The number of hydrogen-bond donors (Lipinski definition) is 1. The average Bonchev–Trinajstić information content (AvgIpc) is 3.54. The molecule has 0 radical (unpaired) electrons. The van der Waals surface area contributed by atoms with E-state index in [1.165, 1.54) is 4.90 Å². The van der Waals surface area contributed by atoms with E-state index in [4.69, 9.17) is 27.9 Å². The molecule has 3 heterocycles. The van der Waals surface area contributed by atoms with Crippen LogP contribution in [0.3, 0.4) is 0 Å². The number of fused-ring (bicyclic) bond motifs is 1. The molecule has 1 aromatic heterocycles. The lowest BCUT2D eigenvalue weighted by Crippen LogP contribution is -2.31. The highest BCUT2D eigenvalue weighted by atomic mass is 35.5. The second-order valence-corrected chi connectivity index (χ2v) is 9.59. The quantitative estimate of drug-likeness (QED) is 0.285. The number of rotatable bonds is 6. The highest BCUT2D eigenvalue weighted by Gasteiger charge is 2.46. The predicted molar refractivity (Wildman–Crippen MR) is 133 cm³/mol.